The summed E-state index contributed by atoms with van der Waals surface area (Å²) < 4.78 is 4.53. The fraction of sp³-hybridized carbons (Fsp3) is 0.571. The van der Waals surface area contributed by atoms with Gasteiger partial charge in [0.25, 0.3) is 5.78 Å². The van der Waals surface area contributed by atoms with Gasteiger partial charge in [-0.25, -0.2) is 4.79 Å². The molecule has 0 aromatic heterocycles. The summed E-state index contributed by atoms with van der Waals surface area (Å²) in [4.78, 5) is 30.6. The van der Waals surface area contributed by atoms with Crippen LogP contribution in [0.3, 0.4) is 0 Å². The van der Waals surface area contributed by atoms with Crippen molar-refractivity contribution in [3.05, 3.63) is 0 Å². The van der Waals surface area contributed by atoms with Gasteiger partial charge in [-0.05, 0) is 6.92 Å². The van der Waals surface area contributed by atoms with E-state index in [1.165, 1.54) is 0 Å². The summed E-state index contributed by atoms with van der Waals surface area (Å²) in [6.07, 6.45) is -0.265. The molecule has 1 atom stereocenters. The van der Waals surface area contributed by atoms with E-state index in [2.05, 4.69) is 20.7 Å². The van der Waals surface area contributed by atoms with E-state index in [1.807, 2.05) is 0 Å². The molecule has 0 heterocycles. The molecule has 5 nitrogen and oxygen atoms in total. The van der Waals surface area contributed by atoms with Gasteiger partial charge in [0.1, 0.15) is 0 Å². The number of ketones is 1. The molecule has 0 aliphatic carbocycles. The topological polar surface area (TPSA) is 80.7 Å². The number of ether oxygens (including phenoxy) is 1. The Kier molecular flexibility index (Phi) is 5.29. The number of esters is 1. The van der Waals surface area contributed by atoms with Crippen molar-refractivity contribution in [2.24, 2.45) is 0 Å². The Morgan fingerprint density at radius 3 is 2.38 bits per heavy atom. The summed E-state index contributed by atoms with van der Waals surface area (Å²) in [7, 11) is 0. The normalized spacial score (nSPS) is 11.8. The van der Waals surface area contributed by atoms with Crippen molar-refractivity contribution < 1.29 is 24.2 Å². The zero-order valence-corrected chi connectivity index (χ0v) is 8.54. The summed E-state index contributed by atoms with van der Waals surface area (Å²) in [5.74, 6) is -3.21. The molecule has 0 fully saturated rings. The lowest BCUT2D eigenvalue weighted by Gasteiger charge is -2.04. The first-order valence-electron chi connectivity index (χ1n) is 3.55. The monoisotopic (exact) mass is 252 g/mol. The fourth-order valence-corrected chi connectivity index (χ4v) is 1.05. The highest BCUT2D eigenvalue weighted by atomic mass is 79.9. The number of carboxylic acid groups (broad SMARTS) is 1. The molecule has 0 aromatic carbocycles. The summed E-state index contributed by atoms with van der Waals surface area (Å²) in [6, 6.07) is 0. The molecule has 0 spiro atoms. The van der Waals surface area contributed by atoms with Crippen LogP contribution in [-0.4, -0.2) is 34.3 Å². The molecule has 0 amide bonds. The molecule has 6 heteroatoms. The molecule has 0 aliphatic rings. The van der Waals surface area contributed by atoms with Gasteiger partial charge in [0, 0.05) is 0 Å². The van der Waals surface area contributed by atoms with Crippen LogP contribution >= 0.6 is 15.9 Å². The van der Waals surface area contributed by atoms with E-state index in [-0.39, 0.29) is 13.0 Å². The van der Waals surface area contributed by atoms with Crippen molar-refractivity contribution >= 4 is 33.7 Å². The third-order valence-electron chi connectivity index (χ3n) is 1.15. The second-order valence-corrected chi connectivity index (χ2v) is 3.25. The second-order valence-electron chi connectivity index (χ2n) is 2.15. The van der Waals surface area contributed by atoms with Gasteiger partial charge in [0.15, 0.2) is 0 Å². The van der Waals surface area contributed by atoms with Crippen LogP contribution in [0.5, 0.6) is 0 Å². The van der Waals surface area contributed by atoms with Gasteiger partial charge >= 0.3 is 11.9 Å². The molecule has 0 aromatic rings. The Bertz CT molecular complexity index is 225. The van der Waals surface area contributed by atoms with Gasteiger partial charge in [-0.1, -0.05) is 15.9 Å². The Balaban J connectivity index is 4.00. The van der Waals surface area contributed by atoms with E-state index < -0.39 is 22.5 Å². The number of carbonyl (C=O) groups is 3. The number of alkyl halides is 1. The molecular weight excluding hydrogens is 244 g/mol. The molecule has 0 bridgehead atoms. The zero-order chi connectivity index (χ0) is 10.4. The molecule has 0 radical (unpaired) electrons. The standard InChI is InChI=1S/C7H9BrO5/c1-2-13-5(9)3-4(8)6(10)7(11)12/h4H,2-3H2,1H3,(H,11,12). The molecule has 0 rings (SSSR count). The first-order chi connectivity index (χ1) is 5.99. The van der Waals surface area contributed by atoms with Crippen LogP contribution < -0.4 is 0 Å². The maximum atomic E-state index is 10.8. The largest absolute Gasteiger partial charge is 0.475 e. The Morgan fingerprint density at radius 2 is 2.00 bits per heavy atom. The van der Waals surface area contributed by atoms with Crippen molar-refractivity contribution in [3.63, 3.8) is 0 Å². The van der Waals surface area contributed by atoms with Gasteiger partial charge in [-0.2, -0.15) is 0 Å². The third-order valence-corrected chi connectivity index (χ3v) is 1.89. The lowest BCUT2D eigenvalue weighted by Crippen LogP contribution is -2.26. The minimum atomic E-state index is -1.56. The number of Topliss-reactive ketones (excluding diaryl/α,β-unsaturated/α-hetero) is 1. The van der Waals surface area contributed by atoms with Crippen molar-refractivity contribution in [2.45, 2.75) is 18.2 Å². The lowest BCUT2D eigenvalue weighted by molar-refractivity contribution is -0.150. The summed E-state index contributed by atoms with van der Waals surface area (Å²) in [6.45, 7) is 1.83. The predicted molar refractivity (Wildman–Crippen MR) is 46.6 cm³/mol. The second kappa shape index (κ2) is 5.69. The number of carbonyl (C=O) groups excluding carboxylic acids is 2. The van der Waals surface area contributed by atoms with Gasteiger partial charge in [0.2, 0.25) is 0 Å². The molecule has 13 heavy (non-hydrogen) atoms. The van der Waals surface area contributed by atoms with Crippen molar-refractivity contribution in [1.82, 2.24) is 0 Å². The number of rotatable bonds is 5. The first-order valence-corrected chi connectivity index (χ1v) is 4.47. The quantitative estimate of drug-likeness (QED) is 0.434. The van der Waals surface area contributed by atoms with E-state index in [0.29, 0.717) is 0 Å². The van der Waals surface area contributed by atoms with E-state index in [4.69, 9.17) is 5.11 Å². The van der Waals surface area contributed by atoms with Crippen molar-refractivity contribution in [2.75, 3.05) is 6.61 Å². The van der Waals surface area contributed by atoms with Crippen LogP contribution in [0.25, 0.3) is 0 Å². The molecule has 0 saturated carbocycles. The maximum absolute atomic E-state index is 10.8. The van der Waals surface area contributed by atoms with Crippen LogP contribution in [0.1, 0.15) is 13.3 Å². The van der Waals surface area contributed by atoms with Crippen LogP contribution in [-0.2, 0) is 19.1 Å². The highest BCUT2D eigenvalue weighted by Crippen LogP contribution is 2.07. The smallest absolute Gasteiger partial charge is 0.373 e. The lowest BCUT2D eigenvalue weighted by atomic mass is 10.2. The summed E-state index contributed by atoms with van der Waals surface area (Å²) in [5, 5.41) is 8.26. The van der Waals surface area contributed by atoms with E-state index in [0.717, 1.165) is 0 Å². The van der Waals surface area contributed by atoms with Crippen molar-refractivity contribution in [3.8, 4) is 0 Å². The predicted octanol–water partition coefficient (Wildman–Crippen LogP) is 0.357. The maximum Gasteiger partial charge on any atom is 0.373 e. The van der Waals surface area contributed by atoms with E-state index in [1.54, 1.807) is 6.92 Å². The molecule has 0 aliphatic heterocycles. The fourth-order valence-electron chi connectivity index (χ4n) is 0.593. The summed E-state index contributed by atoms with van der Waals surface area (Å²) >= 11 is 2.78. The van der Waals surface area contributed by atoms with Crippen LogP contribution in [0.15, 0.2) is 0 Å². The van der Waals surface area contributed by atoms with Crippen LogP contribution in [0, 0.1) is 0 Å². The average Bonchev–Trinajstić information content (AvgIpc) is 2.03. The number of aliphatic carboxylic acids is 1. The average molecular weight is 253 g/mol. The molecule has 1 unspecified atom stereocenters. The SMILES string of the molecule is CCOC(=O)CC(Br)C(=O)C(=O)O. The highest BCUT2D eigenvalue weighted by molar-refractivity contribution is 9.10. The highest BCUT2D eigenvalue weighted by Gasteiger charge is 2.24. The number of hydrogen-bond donors (Lipinski definition) is 1. The molecular formula is C7H9BrO5. The Hall–Kier alpha value is -0.910. The van der Waals surface area contributed by atoms with Crippen LogP contribution in [0.2, 0.25) is 0 Å². The Morgan fingerprint density at radius 1 is 1.46 bits per heavy atom. The van der Waals surface area contributed by atoms with Crippen molar-refractivity contribution in [1.29, 1.82) is 0 Å². The molecule has 0 saturated heterocycles. The van der Waals surface area contributed by atoms with Crippen LogP contribution in [0.4, 0.5) is 0 Å². The van der Waals surface area contributed by atoms with Gasteiger partial charge in [-0.3, -0.25) is 9.59 Å². The van der Waals surface area contributed by atoms with E-state index >= 15 is 0 Å². The van der Waals surface area contributed by atoms with Gasteiger partial charge in [0.05, 0.1) is 17.9 Å². The first kappa shape index (κ1) is 12.1. The number of carboxylic acids is 1. The minimum Gasteiger partial charge on any atom is -0.475 e. The zero-order valence-electron chi connectivity index (χ0n) is 6.95. The van der Waals surface area contributed by atoms with Gasteiger partial charge in [-0.15, -0.1) is 0 Å². The van der Waals surface area contributed by atoms with E-state index in [9.17, 15) is 14.4 Å². The van der Waals surface area contributed by atoms with Gasteiger partial charge < -0.3 is 9.84 Å². The third kappa shape index (κ3) is 4.62. The number of hydrogen-bond acceptors (Lipinski definition) is 4. The number of halogens is 1. The Labute approximate surface area is 83.2 Å². The molecule has 74 valence electrons. The minimum absolute atomic E-state index is 0.208. The summed E-state index contributed by atoms with van der Waals surface area (Å²) in [5.41, 5.74) is 0. The molecule has 1 N–H and O–H groups in total.